The molecule has 2 nitrogen and oxygen atoms in total. The average molecular weight is 146 g/mol. The van der Waals surface area contributed by atoms with E-state index in [1.54, 1.807) is 6.92 Å². The van der Waals surface area contributed by atoms with Crippen molar-refractivity contribution in [1.29, 1.82) is 0 Å². The zero-order valence-corrected chi connectivity index (χ0v) is 7.04. The zero-order valence-electron chi connectivity index (χ0n) is 7.04. The van der Waals surface area contributed by atoms with Crippen molar-refractivity contribution >= 4 is 0 Å². The lowest BCUT2D eigenvalue weighted by molar-refractivity contribution is 0.0268. The molecule has 0 aliphatic heterocycles. The van der Waals surface area contributed by atoms with Gasteiger partial charge in [-0.2, -0.15) is 0 Å². The molecule has 0 aromatic rings. The van der Waals surface area contributed by atoms with Gasteiger partial charge >= 0.3 is 0 Å². The standard InChI is InChI=1S/C8H18O2/c1-4-5-8(10)6(2)7(3)9/h6-10H,4-5H2,1-3H3/t6-,7+,8+/m0/s1. The molecule has 2 heteroatoms. The molecule has 0 aromatic carbocycles. The fraction of sp³-hybridized carbons (Fsp3) is 1.00. The van der Waals surface area contributed by atoms with Crippen LogP contribution in [0.5, 0.6) is 0 Å². The van der Waals surface area contributed by atoms with Crippen LogP contribution in [0.2, 0.25) is 0 Å². The third kappa shape index (κ3) is 3.18. The van der Waals surface area contributed by atoms with Crippen LogP contribution < -0.4 is 0 Å². The highest BCUT2D eigenvalue weighted by Gasteiger charge is 2.17. The summed E-state index contributed by atoms with van der Waals surface area (Å²) in [6.07, 6.45) is 1.01. The highest BCUT2D eigenvalue weighted by molar-refractivity contribution is 4.67. The Morgan fingerprint density at radius 3 is 2.00 bits per heavy atom. The molecule has 0 fully saturated rings. The van der Waals surface area contributed by atoms with Gasteiger partial charge in [0.2, 0.25) is 0 Å². The van der Waals surface area contributed by atoms with E-state index in [0.717, 1.165) is 12.8 Å². The second-order valence-electron chi connectivity index (χ2n) is 2.96. The highest BCUT2D eigenvalue weighted by Crippen LogP contribution is 2.12. The maximum absolute atomic E-state index is 9.33. The second-order valence-corrected chi connectivity index (χ2v) is 2.96. The Hall–Kier alpha value is -0.0800. The number of hydrogen-bond acceptors (Lipinski definition) is 2. The summed E-state index contributed by atoms with van der Waals surface area (Å²) < 4.78 is 0. The molecule has 0 aliphatic carbocycles. The first-order chi connectivity index (χ1) is 4.59. The van der Waals surface area contributed by atoms with Gasteiger partial charge in [-0.3, -0.25) is 0 Å². The van der Waals surface area contributed by atoms with Crippen LogP contribution in [0.15, 0.2) is 0 Å². The van der Waals surface area contributed by atoms with Crippen LogP contribution in [0.1, 0.15) is 33.6 Å². The second kappa shape index (κ2) is 4.69. The summed E-state index contributed by atoms with van der Waals surface area (Å²) in [5.74, 6) is -0.0000463. The number of aliphatic hydroxyl groups is 2. The Bertz CT molecular complexity index is 81.3. The SMILES string of the molecule is CCC[C@@H](O)[C@@H](C)[C@@H](C)O. The van der Waals surface area contributed by atoms with E-state index in [1.807, 2.05) is 13.8 Å². The molecule has 0 aromatic heterocycles. The van der Waals surface area contributed by atoms with E-state index in [2.05, 4.69) is 0 Å². The van der Waals surface area contributed by atoms with Crippen molar-refractivity contribution in [2.24, 2.45) is 5.92 Å². The van der Waals surface area contributed by atoms with Crippen LogP contribution in [0, 0.1) is 5.92 Å². The normalized spacial score (nSPS) is 20.1. The molecule has 10 heavy (non-hydrogen) atoms. The van der Waals surface area contributed by atoms with Crippen molar-refractivity contribution in [2.75, 3.05) is 0 Å². The zero-order chi connectivity index (χ0) is 8.15. The summed E-state index contributed by atoms with van der Waals surface area (Å²) in [5, 5.41) is 18.4. The van der Waals surface area contributed by atoms with Crippen LogP contribution in [0.25, 0.3) is 0 Å². The molecule has 0 radical (unpaired) electrons. The lowest BCUT2D eigenvalue weighted by atomic mass is 9.96. The van der Waals surface area contributed by atoms with Crippen LogP contribution in [0.3, 0.4) is 0 Å². The van der Waals surface area contributed by atoms with Crippen molar-refractivity contribution in [3.63, 3.8) is 0 Å². The minimum Gasteiger partial charge on any atom is -0.393 e. The van der Waals surface area contributed by atoms with E-state index in [0.29, 0.717) is 0 Å². The van der Waals surface area contributed by atoms with Gasteiger partial charge in [-0.15, -0.1) is 0 Å². The Morgan fingerprint density at radius 1 is 1.20 bits per heavy atom. The fourth-order valence-corrected chi connectivity index (χ4v) is 0.880. The minimum atomic E-state index is -0.401. The molecule has 0 amide bonds. The van der Waals surface area contributed by atoms with Crippen LogP contribution in [-0.2, 0) is 0 Å². The van der Waals surface area contributed by atoms with Gasteiger partial charge in [0.25, 0.3) is 0 Å². The third-order valence-corrected chi connectivity index (χ3v) is 1.95. The van der Waals surface area contributed by atoms with Crippen LogP contribution in [0.4, 0.5) is 0 Å². The molecule has 3 atom stereocenters. The van der Waals surface area contributed by atoms with Gasteiger partial charge in [-0.1, -0.05) is 20.3 Å². The Kier molecular flexibility index (Phi) is 4.65. The third-order valence-electron chi connectivity index (χ3n) is 1.95. The lowest BCUT2D eigenvalue weighted by Gasteiger charge is -2.20. The molecular weight excluding hydrogens is 128 g/mol. The first kappa shape index (κ1) is 9.92. The average Bonchev–Trinajstić information content (AvgIpc) is 1.87. The number of hydrogen-bond donors (Lipinski definition) is 2. The first-order valence-corrected chi connectivity index (χ1v) is 3.95. The summed E-state index contributed by atoms with van der Waals surface area (Å²) in [4.78, 5) is 0. The molecule has 0 aliphatic rings. The van der Waals surface area contributed by atoms with E-state index < -0.39 is 6.10 Å². The molecule has 0 saturated carbocycles. The van der Waals surface area contributed by atoms with Crippen molar-refractivity contribution in [3.8, 4) is 0 Å². The first-order valence-electron chi connectivity index (χ1n) is 3.95. The van der Waals surface area contributed by atoms with Crippen LogP contribution in [-0.4, -0.2) is 22.4 Å². The molecule has 2 N–H and O–H groups in total. The maximum atomic E-state index is 9.33. The number of aliphatic hydroxyl groups excluding tert-OH is 2. The predicted octanol–water partition coefficient (Wildman–Crippen LogP) is 1.16. The Morgan fingerprint density at radius 2 is 1.70 bits per heavy atom. The van der Waals surface area contributed by atoms with E-state index >= 15 is 0 Å². The van der Waals surface area contributed by atoms with Gasteiger partial charge in [-0.05, 0) is 13.3 Å². The monoisotopic (exact) mass is 146 g/mol. The van der Waals surface area contributed by atoms with Gasteiger partial charge in [-0.25, -0.2) is 0 Å². The van der Waals surface area contributed by atoms with E-state index in [9.17, 15) is 5.11 Å². The molecule has 0 unspecified atom stereocenters. The minimum absolute atomic E-state index is 0.0000463. The van der Waals surface area contributed by atoms with E-state index in [-0.39, 0.29) is 12.0 Å². The predicted molar refractivity (Wildman–Crippen MR) is 41.8 cm³/mol. The van der Waals surface area contributed by atoms with E-state index in [4.69, 9.17) is 5.11 Å². The lowest BCUT2D eigenvalue weighted by Crippen LogP contribution is -2.26. The van der Waals surface area contributed by atoms with Gasteiger partial charge in [0.05, 0.1) is 12.2 Å². The van der Waals surface area contributed by atoms with Crippen molar-refractivity contribution in [3.05, 3.63) is 0 Å². The Labute approximate surface area is 62.9 Å². The molecule has 0 bridgehead atoms. The summed E-state index contributed by atoms with van der Waals surface area (Å²) in [6.45, 7) is 5.60. The van der Waals surface area contributed by atoms with Gasteiger partial charge in [0.1, 0.15) is 0 Å². The van der Waals surface area contributed by atoms with Crippen molar-refractivity contribution in [2.45, 2.75) is 45.8 Å². The van der Waals surface area contributed by atoms with Crippen molar-refractivity contribution in [1.82, 2.24) is 0 Å². The summed E-state index contributed by atoms with van der Waals surface area (Å²) >= 11 is 0. The Balaban J connectivity index is 3.58. The fourth-order valence-electron chi connectivity index (χ4n) is 0.880. The molecule has 0 rings (SSSR count). The molecule has 0 heterocycles. The molecule has 0 spiro atoms. The van der Waals surface area contributed by atoms with Crippen molar-refractivity contribution < 1.29 is 10.2 Å². The van der Waals surface area contributed by atoms with Gasteiger partial charge in [0, 0.05) is 5.92 Å². The van der Waals surface area contributed by atoms with Crippen LogP contribution >= 0.6 is 0 Å². The molecule has 62 valence electrons. The number of rotatable bonds is 4. The summed E-state index contributed by atoms with van der Waals surface area (Å²) in [5.41, 5.74) is 0. The largest absolute Gasteiger partial charge is 0.393 e. The van der Waals surface area contributed by atoms with E-state index in [1.165, 1.54) is 0 Å². The summed E-state index contributed by atoms with van der Waals surface area (Å²) in [7, 11) is 0. The quantitative estimate of drug-likeness (QED) is 0.625. The molecular formula is C8H18O2. The summed E-state index contributed by atoms with van der Waals surface area (Å²) in [6, 6.07) is 0. The maximum Gasteiger partial charge on any atom is 0.0590 e. The molecule has 0 saturated heterocycles. The smallest absolute Gasteiger partial charge is 0.0590 e. The van der Waals surface area contributed by atoms with Gasteiger partial charge in [0.15, 0.2) is 0 Å². The van der Waals surface area contributed by atoms with Gasteiger partial charge < -0.3 is 10.2 Å². The highest BCUT2D eigenvalue weighted by atomic mass is 16.3. The topological polar surface area (TPSA) is 40.5 Å².